The molecule has 0 fully saturated rings. The number of hydrogen-bond acceptors (Lipinski definition) is 3. The van der Waals surface area contributed by atoms with Gasteiger partial charge in [-0.05, 0) is 33.1 Å². The molecular formula is C11H15N3O2. The lowest BCUT2D eigenvalue weighted by atomic mass is 9.93. The molecular weight excluding hydrogens is 206 g/mol. The summed E-state index contributed by atoms with van der Waals surface area (Å²) in [7, 11) is 0. The third-order valence-corrected chi connectivity index (χ3v) is 2.59. The van der Waals surface area contributed by atoms with Gasteiger partial charge in [0.1, 0.15) is 0 Å². The molecule has 0 aliphatic heterocycles. The molecule has 1 heterocycles. The van der Waals surface area contributed by atoms with E-state index in [0.717, 1.165) is 30.7 Å². The second-order valence-corrected chi connectivity index (χ2v) is 4.25. The van der Waals surface area contributed by atoms with Crippen LogP contribution in [0.15, 0.2) is 4.99 Å². The molecule has 86 valence electrons. The summed E-state index contributed by atoms with van der Waals surface area (Å²) in [6.45, 7) is 3.98. The van der Waals surface area contributed by atoms with E-state index >= 15 is 0 Å². The van der Waals surface area contributed by atoms with E-state index in [0.29, 0.717) is 5.56 Å². The number of H-pyrrole nitrogens is 1. The molecule has 0 aromatic carbocycles. The van der Waals surface area contributed by atoms with E-state index in [2.05, 4.69) is 15.2 Å². The Morgan fingerprint density at radius 1 is 1.50 bits per heavy atom. The van der Waals surface area contributed by atoms with Crippen LogP contribution in [0.4, 0.5) is 0 Å². The minimum atomic E-state index is -0.990. The van der Waals surface area contributed by atoms with Gasteiger partial charge in [-0.2, -0.15) is 5.10 Å². The maximum atomic E-state index is 11.0. The van der Waals surface area contributed by atoms with Crippen molar-refractivity contribution in [2.45, 2.75) is 39.2 Å². The molecule has 1 aliphatic carbocycles. The van der Waals surface area contributed by atoms with Gasteiger partial charge in [0.25, 0.3) is 0 Å². The highest BCUT2D eigenvalue weighted by Gasteiger charge is 2.25. The number of hydrogen-bond donors (Lipinski definition) is 2. The van der Waals surface area contributed by atoms with Gasteiger partial charge in [0, 0.05) is 17.4 Å². The van der Waals surface area contributed by atoms with Crippen molar-refractivity contribution in [2.75, 3.05) is 0 Å². The van der Waals surface area contributed by atoms with Crippen LogP contribution in [0.3, 0.4) is 0 Å². The molecule has 16 heavy (non-hydrogen) atoms. The van der Waals surface area contributed by atoms with Gasteiger partial charge < -0.3 is 5.11 Å². The van der Waals surface area contributed by atoms with E-state index in [1.54, 1.807) is 0 Å². The Balaban J connectivity index is 2.51. The van der Waals surface area contributed by atoms with Crippen LogP contribution in [0, 0.1) is 0 Å². The maximum Gasteiger partial charge on any atom is 0.357 e. The zero-order chi connectivity index (χ0) is 11.7. The number of nitrogens with one attached hydrogen (secondary N) is 1. The van der Waals surface area contributed by atoms with E-state index in [4.69, 9.17) is 5.11 Å². The molecule has 0 atom stereocenters. The van der Waals surface area contributed by atoms with E-state index in [1.165, 1.54) is 0 Å². The first-order valence-corrected chi connectivity index (χ1v) is 5.47. The average Bonchev–Trinajstić information content (AvgIpc) is 2.61. The van der Waals surface area contributed by atoms with E-state index < -0.39 is 5.97 Å². The average molecular weight is 221 g/mol. The lowest BCUT2D eigenvalue weighted by molar-refractivity contribution is 0.0690. The summed E-state index contributed by atoms with van der Waals surface area (Å²) in [5.41, 5.74) is 2.60. The van der Waals surface area contributed by atoms with Gasteiger partial charge in [0.05, 0.1) is 5.56 Å². The number of carboxylic acids is 1. The lowest BCUT2D eigenvalue weighted by Crippen LogP contribution is -2.16. The van der Waals surface area contributed by atoms with Gasteiger partial charge in [-0.15, -0.1) is 0 Å². The van der Waals surface area contributed by atoms with Crippen molar-refractivity contribution in [1.29, 1.82) is 0 Å². The summed E-state index contributed by atoms with van der Waals surface area (Å²) in [5.74, 6) is -0.990. The molecule has 1 aromatic heterocycles. The third-order valence-electron chi connectivity index (χ3n) is 2.59. The Morgan fingerprint density at radius 2 is 2.25 bits per heavy atom. The molecule has 0 spiro atoms. The molecule has 0 bridgehead atoms. The molecule has 2 rings (SSSR count). The molecule has 1 aromatic rings. The number of aromatic nitrogens is 2. The van der Waals surface area contributed by atoms with Crippen LogP contribution < -0.4 is 0 Å². The van der Waals surface area contributed by atoms with Gasteiger partial charge in [0.2, 0.25) is 0 Å². The summed E-state index contributed by atoms with van der Waals surface area (Å²) in [5, 5.41) is 15.7. The number of aryl methyl sites for hydroxylation is 1. The van der Waals surface area contributed by atoms with Crippen LogP contribution in [0.25, 0.3) is 0 Å². The Labute approximate surface area is 93.6 Å². The zero-order valence-corrected chi connectivity index (χ0v) is 9.45. The summed E-state index contributed by atoms with van der Waals surface area (Å²) in [6, 6.07) is 0.178. The van der Waals surface area contributed by atoms with E-state index in [9.17, 15) is 4.79 Å². The Hall–Kier alpha value is -1.65. The summed E-state index contributed by atoms with van der Waals surface area (Å²) >= 11 is 0. The quantitative estimate of drug-likeness (QED) is 0.796. The standard InChI is InChI=1S/C11H15N3O2/c1-6(2)12-7-4-3-5-8-9(7)10(11(15)16)14-13-8/h6H,3-5H2,1-2H3,(H,13,14)(H,15,16). The number of fused-ring (bicyclic) bond motifs is 1. The monoisotopic (exact) mass is 221 g/mol. The molecule has 0 saturated heterocycles. The fourth-order valence-corrected chi connectivity index (χ4v) is 2.02. The van der Waals surface area contributed by atoms with Crippen LogP contribution in [0.2, 0.25) is 0 Å². The van der Waals surface area contributed by atoms with Gasteiger partial charge in [-0.25, -0.2) is 4.79 Å². The van der Waals surface area contributed by atoms with Gasteiger partial charge in [-0.1, -0.05) is 0 Å². The molecule has 0 radical (unpaired) electrons. The second kappa shape index (κ2) is 4.08. The van der Waals surface area contributed by atoms with Crippen molar-refractivity contribution >= 4 is 11.7 Å². The first-order chi connectivity index (χ1) is 7.59. The second-order valence-electron chi connectivity index (χ2n) is 4.25. The number of carboxylic acid groups (broad SMARTS) is 1. The van der Waals surface area contributed by atoms with Crippen molar-refractivity contribution in [3.05, 3.63) is 17.0 Å². The Kier molecular flexibility index (Phi) is 2.77. The minimum absolute atomic E-state index is 0.106. The predicted octanol–water partition coefficient (Wildman–Crippen LogP) is 1.64. The first kappa shape index (κ1) is 10.9. The highest BCUT2D eigenvalue weighted by molar-refractivity contribution is 6.09. The summed E-state index contributed by atoms with van der Waals surface area (Å²) in [4.78, 5) is 15.5. The van der Waals surface area contributed by atoms with Gasteiger partial charge in [-0.3, -0.25) is 10.1 Å². The van der Waals surface area contributed by atoms with Crippen molar-refractivity contribution in [2.24, 2.45) is 4.99 Å². The zero-order valence-electron chi connectivity index (χ0n) is 9.45. The third kappa shape index (κ3) is 1.85. The Bertz CT molecular complexity index is 446. The van der Waals surface area contributed by atoms with Crippen LogP contribution >= 0.6 is 0 Å². The maximum absolute atomic E-state index is 11.0. The van der Waals surface area contributed by atoms with Crippen molar-refractivity contribution in [3.8, 4) is 0 Å². The van der Waals surface area contributed by atoms with Crippen LogP contribution in [-0.4, -0.2) is 33.0 Å². The van der Waals surface area contributed by atoms with Crippen molar-refractivity contribution in [3.63, 3.8) is 0 Å². The molecule has 0 saturated carbocycles. The van der Waals surface area contributed by atoms with Crippen LogP contribution in [-0.2, 0) is 6.42 Å². The molecule has 0 unspecified atom stereocenters. The largest absolute Gasteiger partial charge is 0.476 e. The highest BCUT2D eigenvalue weighted by atomic mass is 16.4. The lowest BCUT2D eigenvalue weighted by Gasteiger charge is -2.14. The van der Waals surface area contributed by atoms with E-state index in [-0.39, 0.29) is 11.7 Å². The Morgan fingerprint density at radius 3 is 2.88 bits per heavy atom. The number of aromatic amines is 1. The molecule has 5 nitrogen and oxygen atoms in total. The predicted molar refractivity (Wildman–Crippen MR) is 60.2 cm³/mol. The molecule has 2 N–H and O–H groups in total. The first-order valence-electron chi connectivity index (χ1n) is 5.47. The number of carbonyl (C=O) groups is 1. The number of aromatic carboxylic acids is 1. The molecule has 0 amide bonds. The van der Waals surface area contributed by atoms with Crippen LogP contribution in [0.1, 0.15) is 48.4 Å². The van der Waals surface area contributed by atoms with Crippen molar-refractivity contribution < 1.29 is 9.90 Å². The summed E-state index contributed by atoms with van der Waals surface area (Å²) in [6.07, 6.45) is 2.69. The normalized spacial score (nSPS) is 17.8. The fourth-order valence-electron chi connectivity index (χ4n) is 2.02. The van der Waals surface area contributed by atoms with Crippen molar-refractivity contribution in [1.82, 2.24) is 10.2 Å². The van der Waals surface area contributed by atoms with Crippen LogP contribution in [0.5, 0.6) is 0 Å². The molecule has 5 heteroatoms. The SMILES string of the molecule is CC(C)N=C1CCCc2[nH]nc(C(=O)O)c21. The van der Waals surface area contributed by atoms with Gasteiger partial charge in [0.15, 0.2) is 5.69 Å². The molecule has 1 aliphatic rings. The number of rotatable bonds is 2. The number of aliphatic imine (C=N–C) groups is 1. The highest BCUT2D eigenvalue weighted by Crippen LogP contribution is 2.23. The van der Waals surface area contributed by atoms with E-state index in [1.807, 2.05) is 13.8 Å². The fraction of sp³-hybridized carbons (Fsp3) is 0.545. The minimum Gasteiger partial charge on any atom is -0.476 e. The van der Waals surface area contributed by atoms with Gasteiger partial charge >= 0.3 is 5.97 Å². The number of nitrogens with zero attached hydrogens (tertiary/aromatic N) is 2. The topological polar surface area (TPSA) is 78.3 Å². The smallest absolute Gasteiger partial charge is 0.357 e. The summed E-state index contributed by atoms with van der Waals surface area (Å²) < 4.78 is 0.